The van der Waals surface area contributed by atoms with Gasteiger partial charge in [0.2, 0.25) is 0 Å². The largest absolute Gasteiger partial charge is 0.497 e. The number of rotatable bonds is 6. The molecule has 0 saturated heterocycles. The lowest BCUT2D eigenvalue weighted by molar-refractivity contribution is 0.415. The number of methoxy groups -OCH3 is 1. The summed E-state index contributed by atoms with van der Waals surface area (Å²) < 4.78 is 5.73. The summed E-state index contributed by atoms with van der Waals surface area (Å²) in [5.74, 6) is 1.87. The third kappa shape index (κ3) is 4.24. The molecular formula is C28H28OS. The van der Waals surface area contributed by atoms with Crippen LogP contribution >= 0.6 is 11.8 Å². The number of allylic oxidation sites excluding steroid dienone is 2. The molecule has 0 spiro atoms. The van der Waals surface area contributed by atoms with Gasteiger partial charge >= 0.3 is 0 Å². The topological polar surface area (TPSA) is 9.23 Å². The van der Waals surface area contributed by atoms with Crippen LogP contribution in [-0.2, 0) is 12.8 Å². The standard InChI is InChI=1S/C28H28OS/c1-4-20-8-12-22(13-9-20)26-17-25(29-3)18-27(23-14-10-21(5-2)11-15-23)28(26)24-7-6-16-30-19-24/h6-18H,4-5,19H2,1-3H3. The second-order valence-corrected chi connectivity index (χ2v) is 8.42. The average molecular weight is 413 g/mol. The second kappa shape index (κ2) is 9.40. The lowest BCUT2D eigenvalue weighted by Gasteiger charge is -2.21. The minimum Gasteiger partial charge on any atom is -0.497 e. The highest BCUT2D eigenvalue weighted by atomic mass is 32.2. The van der Waals surface area contributed by atoms with Gasteiger partial charge < -0.3 is 4.74 Å². The number of benzene rings is 3. The minimum absolute atomic E-state index is 0.891. The van der Waals surface area contributed by atoms with Crippen LogP contribution in [0.25, 0.3) is 27.8 Å². The number of aryl methyl sites for hydroxylation is 2. The highest BCUT2D eigenvalue weighted by molar-refractivity contribution is 8.02. The maximum atomic E-state index is 5.73. The number of hydrogen-bond acceptors (Lipinski definition) is 2. The first-order chi connectivity index (χ1) is 14.7. The first-order valence-corrected chi connectivity index (χ1v) is 11.7. The molecule has 0 saturated carbocycles. The molecule has 0 N–H and O–H groups in total. The van der Waals surface area contributed by atoms with Crippen molar-refractivity contribution in [1.29, 1.82) is 0 Å². The van der Waals surface area contributed by atoms with Gasteiger partial charge in [0.1, 0.15) is 5.75 Å². The third-order valence-electron chi connectivity index (χ3n) is 5.73. The van der Waals surface area contributed by atoms with Crippen LogP contribution in [0.15, 0.2) is 78.2 Å². The van der Waals surface area contributed by atoms with Gasteiger partial charge in [-0.25, -0.2) is 0 Å². The summed E-state index contributed by atoms with van der Waals surface area (Å²) in [5.41, 5.74) is 10.3. The molecule has 0 bridgehead atoms. The van der Waals surface area contributed by atoms with Crippen LogP contribution in [0.1, 0.15) is 30.5 Å². The number of hydrogen-bond donors (Lipinski definition) is 0. The van der Waals surface area contributed by atoms with Crippen molar-refractivity contribution >= 4 is 17.3 Å². The van der Waals surface area contributed by atoms with Gasteiger partial charge in [0.05, 0.1) is 7.11 Å². The van der Waals surface area contributed by atoms with E-state index in [1.807, 2.05) is 11.8 Å². The van der Waals surface area contributed by atoms with Gasteiger partial charge in [-0.3, -0.25) is 0 Å². The average Bonchev–Trinajstić information content (AvgIpc) is 2.84. The van der Waals surface area contributed by atoms with Crippen molar-refractivity contribution in [3.05, 3.63) is 94.9 Å². The fourth-order valence-electron chi connectivity index (χ4n) is 3.93. The van der Waals surface area contributed by atoms with Crippen molar-refractivity contribution in [3.63, 3.8) is 0 Å². The summed E-state index contributed by atoms with van der Waals surface area (Å²) in [5, 5.41) is 2.17. The fraction of sp³-hybridized carbons (Fsp3) is 0.214. The molecule has 0 unspecified atom stereocenters. The lowest BCUT2D eigenvalue weighted by atomic mass is 9.86. The highest BCUT2D eigenvalue weighted by Crippen LogP contribution is 2.42. The Kier molecular flexibility index (Phi) is 6.44. The van der Waals surface area contributed by atoms with Crippen molar-refractivity contribution in [2.45, 2.75) is 26.7 Å². The fourth-order valence-corrected chi connectivity index (χ4v) is 4.63. The molecule has 4 rings (SSSR count). The zero-order valence-corrected chi connectivity index (χ0v) is 18.8. The van der Waals surface area contributed by atoms with Gasteiger partial charge in [-0.2, -0.15) is 0 Å². The predicted octanol–water partition coefficient (Wildman–Crippen LogP) is 7.80. The van der Waals surface area contributed by atoms with E-state index < -0.39 is 0 Å². The van der Waals surface area contributed by atoms with E-state index in [1.165, 1.54) is 44.5 Å². The van der Waals surface area contributed by atoms with Gasteiger partial charge in [0, 0.05) is 5.75 Å². The molecule has 152 valence electrons. The quantitative estimate of drug-likeness (QED) is 0.408. The molecule has 0 amide bonds. The van der Waals surface area contributed by atoms with Crippen molar-refractivity contribution in [3.8, 4) is 28.0 Å². The molecule has 1 heterocycles. The maximum absolute atomic E-state index is 5.73. The minimum atomic E-state index is 0.891. The first-order valence-electron chi connectivity index (χ1n) is 10.6. The maximum Gasteiger partial charge on any atom is 0.120 e. The summed E-state index contributed by atoms with van der Waals surface area (Å²) in [4.78, 5) is 0. The van der Waals surface area contributed by atoms with Crippen molar-refractivity contribution in [2.24, 2.45) is 0 Å². The van der Waals surface area contributed by atoms with E-state index in [1.54, 1.807) is 7.11 Å². The molecule has 3 aromatic carbocycles. The molecule has 1 aliphatic rings. The molecule has 0 atom stereocenters. The Bertz CT molecular complexity index is 1000. The van der Waals surface area contributed by atoms with Crippen LogP contribution in [-0.4, -0.2) is 12.9 Å². The lowest BCUT2D eigenvalue weighted by Crippen LogP contribution is -2.00. The van der Waals surface area contributed by atoms with Crippen molar-refractivity contribution < 1.29 is 4.74 Å². The Hall–Kier alpha value is -2.71. The van der Waals surface area contributed by atoms with E-state index in [9.17, 15) is 0 Å². The molecule has 1 aliphatic heterocycles. The van der Waals surface area contributed by atoms with Crippen LogP contribution in [0.4, 0.5) is 0 Å². The van der Waals surface area contributed by atoms with Gasteiger partial charge in [0.25, 0.3) is 0 Å². The molecule has 2 heteroatoms. The molecule has 30 heavy (non-hydrogen) atoms. The molecule has 1 nitrogen and oxygen atoms in total. The van der Waals surface area contributed by atoms with E-state index in [2.05, 4.69) is 92.1 Å². The molecular weight excluding hydrogens is 384 g/mol. The summed E-state index contributed by atoms with van der Waals surface area (Å²) in [7, 11) is 1.75. The monoisotopic (exact) mass is 412 g/mol. The summed E-state index contributed by atoms with van der Waals surface area (Å²) in [6.45, 7) is 4.39. The summed E-state index contributed by atoms with van der Waals surface area (Å²) in [6.07, 6.45) is 6.51. The third-order valence-corrected chi connectivity index (χ3v) is 6.55. The molecule has 0 fully saturated rings. The first kappa shape index (κ1) is 20.6. The Morgan fingerprint density at radius 3 is 1.73 bits per heavy atom. The zero-order valence-electron chi connectivity index (χ0n) is 17.9. The molecule has 0 radical (unpaired) electrons. The molecule has 3 aromatic rings. The Labute approximate surface area is 184 Å². The van der Waals surface area contributed by atoms with Crippen LogP contribution in [0.3, 0.4) is 0 Å². The predicted molar refractivity (Wildman–Crippen MR) is 132 cm³/mol. The van der Waals surface area contributed by atoms with Crippen molar-refractivity contribution in [2.75, 3.05) is 12.9 Å². The molecule has 0 aromatic heterocycles. The summed E-state index contributed by atoms with van der Waals surface area (Å²) >= 11 is 1.85. The van der Waals surface area contributed by atoms with Crippen LogP contribution in [0.5, 0.6) is 5.75 Å². The normalized spacial score (nSPS) is 13.2. The number of ether oxygens (including phenoxy) is 1. The van der Waals surface area contributed by atoms with E-state index in [-0.39, 0.29) is 0 Å². The Balaban J connectivity index is 1.97. The van der Waals surface area contributed by atoms with E-state index in [0.717, 1.165) is 24.3 Å². The second-order valence-electron chi connectivity index (χ2n) is 7.53. The van der Waals surface area contributed by atoms with Crippen molar-refractivity contribution in [1.82, 2.24) is 0 Å². The number of thioether (sulfide) groups is 1. The van der Waals surface area contributed by atoms with Gasteiger partial charge in [-0.1, -0.05) is 74.5 Å². The van der Waals surface area contributed by atoms with Gasteiger partial charge in [-0.15, -0.1) is 11.8 Å². The Morgan fingerprint density at radius 1 is 0.800 bits per heavy atom. The van der Waals surface area contributed by atoms with Crippen LogP contribution < -0.4 is 4.74 Å². The highest BCUT2D eigenvalue weighted by Gasteiger charge is 2.19. The van der Waals surface area contributed by atoms with E-state index in [4.69, 9.17) is 4.74 Å². The van der Waals surface area contributed by atoms with E-state index in [0.29, 0.717) is 0 Å². The summed E-state index contributed by atoms with van der Waals surface area (Å²) in [6, 6.07) is 22.3. The van der Waals surface area contributed by atoms with Gasteiger partial charge in [0.15, 0.2) is 0 Å². The van der Waals surface area contributed by atoms with Crippen LogP contribution in [0.2, 0.25) is 0 Å². The van der Waals surface area contributed by atoms with E-state index >= 15 is 0 Å². The Morgan fingerprint density at radius 2 is 1.33 bits per heavy atom. The smallest absolute Gasteiger partial charge is 0.120 e. The van der Waals surface area contributed by atoms with Crippen LogP contribution in [0, 0.1) is 0 Å². The van der Waals surface area contributed by atoms with Gasteiger partial charge in [-0.05, 0) is 74.9 Å². The molecule has 0 aliphatic carbocycles. The SMILES string of the molecule is CCc1ccc(-c2cc(OC)cc(-c3ccc(CC)cc3)c2C2=CC=CSC2)cc1. The zero-order chi connectivity index (χ0) is 20.9.